The van der Waals surface area contributed by atoms with E-state index in [4.69, 9.17) is 5.11 Å². The van der Waals surface area contributed by atoms with E-state index in [-0.39, 0.29) is 12.5 Å². The lowest BCUT2D eigenvalue weighted by Gasteiger charge is -2.15. The first-order valence-corrected chi connectivity index (χ1v) is 6.02. The van der Waals surface area contributed by atoms with Gasteiger partial charge in [0.05, 0.1) is 0 Å². The van der Waals surface area contributed by atoms with Crippen LogP contribution in [0.25, 0.3) is 0 Å². The van der Waals surface area contributed by atoms with E-state index in [9.17, 15) is 4.79 Å². The van der Waals surface area contributed by atoms with Gasteiger partial charge in [0.1, 0.15) is 12.3 Å². The van der Waals surface area contributed by atoms with Crippen LogP contribution >= 0.6 is 0 Å². The molecule has 0 spiro atoms. The molecule has 0 atom stereocenters. The number of carbonyl (C=O) groups excluding carboxylic acids is 1. The Morgan fingerprint density at radius 3 is 2.89 bits per heavy atom. The molecule has 1 aliphatic rings. The highest BCUT2D eigenvalue weighted by atomic mass is 16.2. The molecule has 94 valence electrons. The third-order valence-electron chi connectivity index (χ3n) is 2.87. The molecule has 1 aliphatic carbocycles. The molecule has 0 bridgehead atoms. The van der Waals surface area contributed by atoms with Crippen LogP contribution in [0.2, 0.25) is 0 Å². The summed E-state index contributed by atoms with van der Waals surface area (Å²) in [5, 5.41) is 8.58. The summed E-state index contributed by atoms with van der Waals surface area (Å²) < 4.78 is 0. The van der Waals surface area contributed by atoms with Crippen molar-refractivity contribution in [3.8, 4) is 11.8 Å². The highest BCUT2D eigenvalue weighted by Gasteiger charge is 2.25. The number of nitrogens with zero attached hydrogens (tertiary/aromatic N) is 2. The van der Waals surface area contributed by atoms with Crippen molar-refractivity contribution in [2.45, 2.75) is 12.8 Å². The molecule has 4 nitrogen and oxygen atoms in total. The first-order valence-electron chi connectivity index (χ1n) is 6.02. The summed E-state index contributed by atoms with van der Waals surface area (Å²) in [5.41, 5.74) is 1.14. The number of amides is 1. The molecule has 2 rings (SSSR count). The molecule has 1 heterocycles. The second kappa shape index (κ2) is 5.65. The van der Waals surface area contributed by atoms with Gasteiger partial charge in [0.2, 0.25) is 0 Å². The number of rotatable bonds is 3. The molecule has 0 unspecified atom stereocenters. The van der Waals surface area contributed by atoms with Crippen molar-refractivity contribution in [3.63, 3.8) is 0 Å². The summed E-state index contributed by atoms with van der Waals surface area (Å²) in [7, 11) is 1.81. The van der Waals surface area contributed by atoms with E-state index in [1.54, 1.807) is 23.2 Å². The maximum Gasteiger partial charge on any atom is 0.272 e. The van der Waals surface area contributed by atoms with E-state index in [1.165, 1.54) is 12.8 Å². The first-order chi connectivity index (χ1) is 8.70. The van der Waals surface area contributed by atoms with E-state index in [2.05, 4.69) is 16.8 Å². The number of aromatic nitrogens is 1. The average Bonchev–Trinajstić information content (AvgIpc) is 3.20. The number of pyridine rings is 1. The first kappa shape index (κ1) is 12.6. The van der Waals surface area contributed by atoms with Crippen molar-refractivity contribution < 1.29 is 9.90 Å². The molecule has 1 N–H and O–H groups in total. The standard InChI is InChI=1S/C14H16N2O2/c1-16(10-12-4-5-12)14(18)13-7-6-11(9-15-13)3-2-8-17/h6-7,9,12,17H,4-5,8,10H2,1H3. The van der Waals surface area contributed by atoms with E-state index in [1.807, 2.05) is 7.05 Å². The van der Waals surface area contributed by atoms with Crippen LogP contribution in [0.1, 0.15) is 28.9 Å². The van der Waals surface area contributed by atoms with Crippen LogP contribution in [0, 0.1) is 17.8 Å². The van der Waals surface area contributed by atoms with Crippen LogP contribution in [0.4, 0.5) is 0 Å². The summed E-state index contributed by atoms with van der Waals surface area (Å²) >= 11 is 0. The fourth-order valence-corrected chi connectivity index (χ4v) is 1.70. The zero-order valence-electron chi connectivity index (χ0n) is 10.4. The predicted molar refractivity (Wildman–Crippen MR) is 67.9 cm³/mol. The van der Waals surface area contributed by atoms with Gasteiger partial charge in [0.15, 0.2) is 0 Å². The molecule has 0 saturated heterocycles. The van der Waals surface area contributed by atoms with Gasteiger partial charge in [-0.3, -0.25) is 4.79 Å². The molecule has 18 heavy (non-hydrogen) atoms. The highest BCUT2D eigenvalue weighted by Crippen LogP contribution is 2.29. The van der Waals surface area contributed by atoms with Gasteiger partial charge in [0, 0.05) is 25.4 Å². The Bertz CT molecular complexity index is 481. The number of hydrogen-bond acceptors (Lipinski definition) is 3. The molecular formula is C14H16N2O2. The summed E-state index contributed by atoms with van der Waals surface area (Å²) in [6, 6.07) is 3.42. The molecule has 4 heteroatoms. The lowest BCUT2D eigenvalue weighted by Crippen LogP contribution is -2.29. The molecule has 1 amide bonds. The van der Waals surface area contributed by atoms with E-state index >= 15 is 0 Å². The summed E-state index contributed by atoms with van der Waals surface area (Å²) in [6.07, 6.45) is 4.00. The van der Waals surface area contributed by atoms with Crippen LogP contribution in [0.15, 0.2) is 18.3 Å². The third kappa shape index (κ3) is 3.31. The molecular weight excluding hydrogens is 228 g/mol. The normalized spacial score (nSPS) is 13.7. The maximum atomic E-state index is 12.0. The van der Waals surface area contributed by atoms with Gasteiger partial charge in [-0.1, -0.05) is 11.8 Å². The topological polar surface area (TPSA) is 53.4 Å². The molecule has 1 aromatic heterocycles. The zero-order valence-corrected chi connectivity index (χ0v) is 10.4. The Morgan fingerprint density at radius 1 is 1.56 bits per heavy atom. The smallest absolute Gasteiger partial charge is 0.272 e. The van der Waals surface area contributed by atoms with Crippen molar-refractivity contribution in [2.75, 3.05) is 20.2 Å². The van der Waals surface area contributed by atoms with Crippen molar-refractivity contribution in [1.29, 1.82) is 0 Å². The predicted octanol–water partition coefficient (Wildman–Crippen LogP) is 0.907. The molecule has 1 aromatic rings. The third-order valence-corrected chi connectivity index (χ3v) is 2.87. The Balaban J connectivity index is 2.01. The lowest BCUT2D eigenvalue weighted by atomic mass is 10.2. The second-order valence-corrected chi connectivity index (χ2v) is 4.52. The number of aliphatic hydroxyl groups is 1. The summed E-state index contributed by atoms with van der Waals surface area (Å²) in [5.74, 6) is 5.91. The van der Waals surface area contributed by atoms with Crippen molar-refractivity contribution >= 4 is 5.91 Å². The van der Waals surface area contributed by atoms with Gasteiger partial charge < -0.3 is 10.0 Å². The summed E-state index contributed by atoms with van der Waals surface area (Å²) in [6.45, 7) is 0.636. The Kier molecular flexibility index (Phi) is 3.96. The van der Waals surface area contributed by atoms with E-state index in [0.717, 1.165) is 6.54 Å². The summed E-state index contributed by atoms with van der Waals surface area (Å²) in [4.78, 5) is 17.8. The van der Waals surface area contributed by atoms with E-state index < -0.39 is 0 Å². The SMILES string of the molecule is CN(CC1CC1)C(=O)c1ccc(C#CCO)cn1. The Labute approximate surface area is 107 Å². The maximum absolute atomic E-state index is 12.0. The number of aliphatic hydroxyl groups excluding tert-OH is 1. The minimum absolute atomic E-state index is 0.0523. The molecule has 0 aliphatic heterocycles. The van der Waals surface area contributed by atoms with Crippen LogP contribution in [0.5, 0.6) is 0 Å². The van der Waals surface area contributed by atoms with Crippen molar-refractivity contribution in [1.82, 2.24) is 9.88 Å². The van der Waals surface area contributed by atoms with Crippen molar-refractivity contribution in [3.05, 3.63) is 29.6 Å². The Hall–Kier alpha value is -1.86. The van der Waals surface area contributed by atoms with Crippen LogP contribution < -0.4 is 0 Å². The quantitative estimate of drug-likeness (QED) is 0.804. The molecule has 0 aromatic carbocycles. The zero-order chi connectivity index (χ0) is 13.0. The minimum atomic E-state index is -0.176. The van der Waals surface area contributed by atoms with Crippen LogP contribution in [-0.2, 0) is 0 Å². The molecule has 0 radical (unpaired) electrons. The van der Waals surface area contributed by atoms with Crippen LogP contribution in [0.3, 0.4) is 0 Å². The fourth-order valence-electron chi connectivity index (χ4n) is 1.70. The monoisotopic (exact) mass is 244 g/mol. The molecule has 1 fully saturated rings. The van der Waals surface area contributed by atoms with Gasteiger partial charge in [0.25, 0.3) is 5.91 Å². The van der Waals surface area contributed by atoms with Gasteiger partial charge in [-0.2, -0.15) is 0 Å². The van der Waals surface area contributed by atoms with E-state index in [0.29, 0.717) is 17.2 Å². The Morgan fingerprint density at radius 2 is 2.33 bits per heavy atom. The van der Waals surface area contributed by atoms with Crippen molar-refractivity contribution in [2.24, 2.45) is 5.92 Å². The fraction of sp³-hybridized carbons (Fsp3) is 0.429. The average molecular weight is 244 g/mol. The van der Waals surface area contributed by atoms with Gasteiger partial charge in [-0.25, -0.2) is 4.98 Å². The highest BCUT2D eigenvalue weighted by molar-refractivity contribution is 5.92. The van der Waals surface area contributed by atoms with Gasteiger partial charge >= 0.3 is 0 Å². The molecule has 1 saturated carbocycles. The number of carbonyl (C=O) groups is 1. The van der Waals surface area contributed by atoms with Crippen LogP contribution in [-0.4, -0.2) is 41.1 Å². The van der Waals surface area contributed by atoms with Gasteiger partial charge in [-0.15, -0.1) is 0 Å². The number of hydrogen-bond donors (Lipinski definition) is 1. The lowest BCUT2D eigenvalue weighted by molar-refractivity contribution is 0.0783. The van der Waals surface area contributed by atoms with Gasteiger partial charge in [-0.05, 0) is 30.9 Å². The largest absolute Gasteiger partial charge is 0.384 e. The second-order valence-electron chi connectivity index (χ2n) is 4.52. The minimum Gasteiger partial charge on any atom is -0.384 e.